The van der Waals surface area contributed by atoms with Crippen molar-refractivity contribution in [2.75, 3.05) is 12.8 Å². The first-order chi connectivity index (χ1) is 12.7. The second-order valence-corrected chi connectivity index (χ2v) is 9.39. The van der Waals surface area contributed by atoms with Gasteiger partial charge in [-0.2, -0.15) is 0 Å². The lowest BCUT2D eigenvalue weighted by Crippen LogP contribution is -2.71. The van der Waals surface area contributed by atoms with Crippen molar-refractivity contribution in [1.82, 2.24) is 15.2 Å². The second-order valence-electron chi connectivity index (χ2n) is 5.55. The number of anilines is 1. The molecule has 10 nitrogen and oxygen atoms in total. The molecule has 2 amide bonds. The van der Waals surface area contributed by atoms with Gasteiger partial charge in [0.15, 0.2) is 10.8 Å². The Hall–Kier alpha value is -2.12. The Kier molecular flexibility index (Phi) is 5.44. The number of carboxylic acid groups (broad SMARTS) is 1. The van der Waals surface area contributed by atoms with Gasteiger partial charge in [0.2, 0.25) is 0 Å². The summed E-state index contributed by atoms with van der Waals surface area (Å²) in [6.45, 7) is 1.82. The number of hydrogen-bond acceptors (Lipinski definition) is 9. The molecule has 2 unspecified atom stereocenters. The number of aromatic nitrogens is 1. The van der Waals surface area contributed by atoms with Gasteiger partial charge in [0, 0.05) is 5.25 Å². The maximum atomic E-state index is 12.7. The van der Waals surface area contributed by atoms with Gasteiger partial charge < -0.3 is 21.0 Å². The highest BCUT2D eigenvalue weighted by molar-refractivity contribution is 9.11. The van der Waals surface area contributed by atoms with Gasteiger partial charge in [0.25, 0.3) is 11.8 Å². The molecule has 2 aliphatic rings. The van der Waals surface area contributed by atoms with Crippen LogP contribution in [0.3, 0.4) is 0 Å². The number of nitrogens with one attached hydrogen (secondary N) is 1. The van der Waals surface area contributed by atoms with Crippen LogP contribution < -0.4 is 11.1 Å². The maximum Gasteiger partial charge on any atom is 0.352 e. The molecule has 1 saturated heterocycles. The number of aliphatic carboxylic acids is 1. The number of fused-ring (bicyclic) bond motifs is 1. The molecule has 2 aliphatic heterocycles. The molecule has 144 valence electrons. The minimum atomic E-state index is -1.19. The molecule has 0 aromatic carbocycles. The molecule has 0 radical (unpaired) electrons. The molecule has 1 fully saturated rings. The highest BCUT2D eigenvalue weighted by Gasteiger charge is 2.54. The maximum absolute atomic E-state index is 12.7. The van der Waals surface area contributed by atoms with Crippen LogP contribution in [0.2, 0.25) is 0 Å². The van der Waals surface area contributed by atoms with Gasteiger partial charge in [-0.15, -0.1) is 11.8 Å². The number of thiazole rings is 1. The van der Waals surface area contributed by atoms with Crippen LogP contribution in [0.1, 0.15) is 12.6 Å². The molecule has 1 aromatic rings. The van der Waals surface area contributed by atoms with E-state index >= 15 is 0 Å². The molecule has 13 heteroatoms. The van der Waals surface area contributed by atoms with Crippen molar-refractivity contribution in [1.29, 1.82) is 0 Å². The number of nitrogens with two attached hydrogens (primary N) is 1. The predicted octanol–water partition coefficient (Wildman–Crippen LogP) is 0.595. The average molecular weight is 476 g/mol. The van der Waals surface area contributed by atoms with E-state index in [9.17, 15) is 19.5 Å². The Balaban J connectivity index is 1.81. The van der Waals surface area contributed by atoms with Gasteiger partial charge in [0.1, 0.15) is 33.7 Å². The number of oxime groups is 1. The van der Waals surface area contributed by atoms with E-state index in [1.165, 1.54) is 29.8 Å². The van der Waals surface area contributed by atoms with Crippen LogP contribution in [0, 0.1) is 0 Å². The summed E-state index contributed by atoms with van der Waals surface area (Å²) in [7, 11) is 1.27. The predicted molar refractivity (Wildman–Crippen MR) is 103 cm³/mol. The standard InChI is InChI=1S/C14H14BrN5O5S2/c1-4-3-5(13(23)24)20-11(22)8(12(20)26-4)17-10(21)7(19-25-2)6-9(15)27-14(16)18-6/h3-4,8,12H,1-2H3,(H2,16,18)(H,17,21)(H,23,24)/b19-7-/t4?,8?,12-/m1/s1. The summed E-state index contributed by atoms with van der Waals surface area (Å²) < 4.78 is 0.490. The average Bonchev–Trinajstić information content (AvgIpc) is 2.94. The number of rotatable bonds is 5. The Morgan fingerprint density at radius 3 is 2.78 bits per heavy atom. The molecule has 3 rings (SSSR count). The summed E-state index contributed by atoms with van der Waals surface area (Å²) in [4.78, 5) is 46.4. The van der Waals surface area contributed by atoms with E-state index in [2.05, 4.69) is 31.4 Å². The van der Waals surface area contributed by atoms with Gasteiger partial charge in [-0.05, 0) is 28.9 Å². The summed E-state index contributed by atoms with van der Waals surface area (Å²) in [5, 5.41) is 15.2. The zero-order valence-electron chi connectivity index (χ0n) is 14.0. The summed E-state index contributed by atoms with van der Waals surface area (Å²) in [6.07, 6.45) is 1.51. The number of carbonyl (C=O) groups is 3. The zero-order valence-corrected chi connectivity index (χ0v) is 17.2. The van der Waals surface area contributed by atoms with E-state index in [0.29, 0.717) is 3.79 Å². The Morgan fingerprint density at radius 1 is 1.52 bits per heavy atom. The monoisotopic (exact) mass is 475 g/mol. The first-order valence-electron chi connectivity index (χ1n) is 7.52. The number of carbonyl (C=O) groups excluding carboxylic acids is 2. The zero-order chi connectivity index (χ0) is 19.9. The van der Waals surface area contributed by atoms with Crippen molar-refractivity contribution in [3.8, 4) is 0 Å². The third-order valence-corrected chi connectivity index (χ3v) is 6.64. The van der Waals surface area contributed by atoms with E-state index in [0.717, 1.165) is 11.3 Å². The number of carboxylic acids is 1. The van der Waals surface area contributed by atoms with E-state index in [-0.39, 0.29) is 27.5 Å². The smallest absolute Gasteiger partial charge is 0.352 e. The molecule has 0 saturated carbocycles. The number of β-lactam (4-membered cyclic amide) rings is 1. The number of hydrogen-bond donors (Lipinski definition) is 3. The summed E-state index contributed by atoms with van der Waals surface area (Å²) in [5.41, 5.74) is 5.61. The molecular formula is C14H14BrN5O5S2. The molecule has 0 aliphatic carbocycles. The molecule has 27 heavy (non-hydrogen) atoms. The summed E-state index contributed by atoms with van der Waals surface area (Å²) in [6, 6.07) is -0.884. The Bertz CT molecular complexity index is 885. The topological polar surface area (TPSA) is 147 Å². The van der Waals surface area contributed by atoms with Crippen molar-refractivity contribution in [2.24, 2.45) is 5.16 Å². The lowest BCUT2D eigenvalue weighted by Gasteiger charge is -2.49. The van der Waals surface area contributed by atoms with Crippen molar-refractivity contribution >= 4 is 67.7 Å². The van der Waals surface area contributed by atoms with E-state index < -0.39 is 29.2 Å². The number of thioether (sulfide) groups is 1. The molecule has 4 N–H and O–H groups in total. The van der Waals surface area contributed by atoms with Crippen molar-refractivity contribution in [3.63, 3.8) is 0 Å². The number of amides is 2. The van der Waals surface area contributed by atoms with Crippen LogP contribution in [0.4, 0.5) is 5.13 Å². The normalized spacial score (nSPS) is 24.6. The Morgan fingerprint density at radius 2 is 2.22 bits per heavy atom. The van der Waals surface area contributed by atoms with E-state index in [1.807, 2.05) is 6.92 Å². The van der Waals surface area contributed by atoms with Gasteiger partial charge in [0.05, 0.1) is 0 Å². The van der Waals surface area contributed by atoms with Gasteiger partial charge in [-0.3, -0.25) is 14.5 Å². The quantitative estimate of drug-likeness (QED) is 0.318. The SMILES string of the molecule is CO/N=C(\C(=O)NC1C(=O)N2C(C(=O)O)=CC(C)S[C@H]12)c1nc(N)sc1Br. The third-order valence-electron chi connectivity index (χ3n) is 3.78. The van der Waals surface area contributed by atoms with E-state index in [1.54, 1.807) is 0 Å². The molecule has 3 heterocycles. The fourth-order valence-electron chi connectivity index (χ4n) is 2.68. The first-order valence-corrected chi connectivity index (χ1v) is 10.1. The lowest BCUT2D eigenvalue weighted by atomic mass is 10.0. The van der Waals surface area contributed by atoms with Crippen molar-refractivity contribution < 1.29 is 24.3 Å². The van der Waals surface area contributed by atoms with E-state index in [4.69, 9.17) is 10.6 Å². The molecule has 0 spiro atoms. The van der Waals surface area contributed by atoms with Crippen LogP contribution in [0.5, 0.6) is 0 Å². The third kappa shape index (κ3) is 3.53. The second kappa shape index (κ2) is 7.48. The molecular weight excluding hydrogens is 462 g/mol. The fourth-order valence-corrected chi connectivity index (χ4v) is 5.35. The number of halogens is 1. The minimum absolute atomic E-state index is 0.0810. The van der Waals surface area contributed by atoms with Crippen LogP contribution in [0.25, 0.3) is 0 Å². The van der Waals surface area contributed by atoms with Gasteiger partial charge >= 0.3 is 5.97 Å². The number of nitrogens with zero attached hydrogens (tertiary/aromatic N) is 3. The Labute approximate surface area is 169 Å². The van der Waals surface area contributed by atoms with Crippen molar-refractivity contribution in [2.45, 2.75) is 23.6 Å². The van der Waals surface area contributed by atoms with Crippen molar-refractivity contribution in [3.05, 3.63) is 21.3 Å². The highest BCUT2D eigenvalue weighted by Crippen LogP contribution is 2.40. The summed E-state index contributed by atoms with van der Waals surface area (Å²) >= 11 is 5.75. The van der Waals surface area contributed by atoms with Crippen LogP contribution in [-0.4, -0.2) is 62.3 Å². The van der Waals surface area contributed by atoms with Crippen LogP contribution >= 0.6 is 39.0 Å². The summed E-state index contributed by atoms with van der Waals surface area (Å²) in [5.74, 6) is -2.37. The largest absolute Gasteiger partial charge is 0.477 e. The van der Waals surface area contributed by atoms with Crippen LogP contribution in [0.15, 0.2) is 20.7 Å². The first kappa shape index (κ1) is 19.6. The fraction of sp³-hybridized carbons (Fsp3) is 0.357. The molecule has 1 aromatic heterocycles. The van der Waals surface area contributed by atoms with Crippen LogP contribution in [-0.2, 0) is 19.2 Å². The lowest BCUT2D eigenvalue weighted by molar-refractivity contribution is -0.150. The number of nitrogen functional groups attached to an aromatic ring is 1. The van der Waals surface area contributed by atoms with Gasteiger partial charge in [-0.25, -0.2) is 9.78 Å². The molecule has 0 bridgehead atoms. The van der Waals surface area contributed by atoms with Gasteiger partial charge in [-0.1, -0.05) is 16.5 Å². The minimum Gasteiger partial charge on any atom is -0.477 e. The highest BCUT2D eigenvalue weighted by atomic mass is 79.9. The molecule has 3 atom stereocenters.